The molecule has 0 saturated carbocycles. The molecule has 18 heavy (non-hydrogen) atoms. The summed E-state index contributed by atoms with van der Waals surface area (Å²) < 4.78 is 0. The summed E-state index contributed by atoms with van der Waals surface area (Å²) in [5.41, 5.74) is 0. The third-order valence-corrected chi connectivity index (χ3v) is 3.94. The monoisotopic (exact) mass is 286 g/mol. The van der Waals surface area contributed by atoms with Crippen LogP contribution in [0.4, 0.5) is 11.6 Å². The molecule has 0 radical (unpaired) electrons. The zero-order valence-electron chi connectivity index (χ0n) is 11.5. The summed E-state index contributed by atoms with van der Waals surface area (Å²) in [7, 11) is 0. The van der Waals surface area contributed by atoms with Gasteiger partial charge in [0.05, 0.1) is 0 Å². The van der Waals surface area contributed by atoms with Crippen molar-refractivity contribution >= 4 is 35.2 Å². The first kappa shape index (κ1) is 15.4. The number of aromatic nitrogens is 2. The van der Waals surface area contributed by atoms with Crippen molar-refractivity contribution in [3.63, 3.8) is 0 Å². The van der Waals surface area contributed by atoms with Gasteiger partial charge in [0.2, 0.25) is 0 Å². The molecule has 2 N–H and O–H groups in total. The van der Waals surface area contributed by atoms with Crippen molar-refractivity contribution in [3.8, 4) is 0 Å². The molecule has 1 rings (SSSR count). The normalized spacial score (nSPS) is 12.2. The fraction of sp³-hybridized carbons (Fsp3) is 0.667. The molecule has 0 aliphatic rings. The molecule has 0 spiro atoms. The predicted octanol–water partition coefficient (Wildman–Crippen LogP) is 3.18. The molecule has 0 aliphatic heterocycles. The molecule has 0 fully saturated rings. The van der Waals surface area contributed by atoms with Crippen molar-refractivity contribution in [1.29, 1.82) is 0 Å². The van der Waals surface area contributed by atoms with Gasteiger partial charge in [0, 0.05) is 24.4 Å². The van der Waals surface area contributed by atoms with E-state index >= 15 is 0 Å². The van der Waals surface area contributed by atoms with Gasteiger partial charge in [-0.15, -0.1) is 0 Å². The molecule has 4 nitrogen and oxygen atoms in total. The van der Waals surface area contributed by atoms with Crippen molar-refractivity contribution in [2.45, 2.75) is 30.7 Å². The van der Waals surface area contributed by atoms with Crippen LogP contribution in [0.1, 0.15) is 20.3 Å². The van der Waals surface area contributed by atoms with Crippen LogP contribution < -0.4 is 10.6 Å². The second-order valence-electron chi connectivity index (χ2n) is 3.98. The summed E-state index contributed by atoms with van der Waals surface area (Å²) >= 11 is 3.41. The molecule has 102 valence electrons. The van der Waals surface area contributed by atoms with Crippen molar-refractivity contribution in [3.05, 3.63) is 6.07 Å². The van der Waals surface area contributed by atoms with E-state index in [2.05, 4.69) is 40.7 Å². The second kappa shape index (κ2) is 8.48. The smallest absolute Gasteiger partial charge is 0.191 e. The number of hydrogen-bond donors (Lipinski definition) is 2. The van der Waals surface area contributed by atoms with E-state index < -0.39 is 0 Å². The van der Waals surface area contributed by atoms with Gasteiger partial charge in [0.15, 0.2) is 5.16 Å². The fourth-order valence-corrected chi connectivity index (χ4v) is 1.91. The molecule has 1 unspecified atom stereocenters. The van der Waals surface area contributed by atoms with Crippen molar-refractivity contribution in [2.24, 2.45) is 0 Å². The Kier molecular flexibility index (Phi) is 7.27. The van der Waals surface area contributed by atoms with Crippen LogP contribution in [0.3, 0.4) is 0 Å². The molecule has 0 bridgehead atoms. The van der Waals surface area contributed by atoms with Crippen LogP contribution in [-0.2, 0) is 0 Å². The number of nitrogens with zero attached hydrogens (tertiary/aromatic N) is 2. The van der Waals surface area contributed by atoms with Gasteiger partial charge >= 0.3 is 0 Å². The number of thioether (sulfide) groups is 2. The van der Waals surface area contributed by atoms with E-state index in [0.29, 0.717) is 5.25 Å². The minimum absolute atomic E-state index is 0.574. The second-order valence-corrected chi connectivity index (χ2v) is 6.03. The Labute approximate surface area is 118 Å². The first-order chi connectivity index (χ1) is 8.69. The summed E-state index contributed by atoms with van der Waals surface area (Å²) in [5, 5.41) is 8.04. The van der Waals surface area contributed by atoms with E-state index in [1.54, 1.807) is 11.8 Å². The van der Waals surface area contributed by atoms with Gasteiger partial charge in [-0.05, 0) is 18.9 Å². The molecule has 0 saturated heterocycles. The summed E-state index contributed by atoms with van der Waals surface area (Å²) in [6.07, 6.45) is 5.20. The largest absolute Gasteiger partial charge is 0.370 e. The van der Waals surface area contributed by atoms with Gasteiger partial charge in [-0.1, -0.05) is 25.6 Å². The number of anilines is 2. The summed E-state index contributed by atoms with van der Waals surface area (Å²) in [4.78, 5) is 8.89. The Morgan fingerprint density at radius 2 is 1.89 bits per heavy atom. The first-order valence-electron chi connectivity index (χ1n) is 6.13. The van der Waals surface area contributed by atoms with Gasteiger partial charge in [0.1, 0.15) is 11.6 Å². The van der Waals surface area contributed by atoms with Crippen LogP contribution in [0, 0.1) is 0 Å². The van der Waals surface area contributed by atoms with E-state index in [1.165, 1.54) is 0 Å². The zero-order valence-corrected chi connectivity index (χ0v) is 13.1. The Morgan fingerprint density at radius 3 is 2.44 bits per heavy atom. The summed E-state index contributed by atoms with van der Waals surface area (Å²) in [6.45, 7) is 6.19. The highest BCUT2D eigenvalue weighted by Gasteiger charge is 2.05. The van der Waals surface area contributed by atoms with E-state index in [1.807, 2.05) is 24.1 Å². The maximum Gasteiger partial charge on any atom is 0.191 e. The van der Waals surface area contributed by atoms with Crippen LogP contribution >= 0.6 is 23.5 Å². The van der Waals surface area contributed by atoms with Gasteiger partial charge in [-0.25, -0.2) is 9.97 Å². The SMILES string of the molecule is CCCNc1cc(NCC(C)SC)nc(SC)n1. The number of hydrogen-bond acceptors (Lipinski definition) is 6. The van der Waals surface area contributed by atoms with E-state index in [-0.39, 0.29) is 0 Å². The molecular weight excluding hydrogens is 264 g/mol. The van der Waals surface area contributed by atoms with Crippen molar-refractivity contribution in [2.75, 3.05) is 36.2 Å². The average molecular weight is 286 g/mol. The van der Waals surface area contributed by atoms with Crippen LogP contribution in [0.25, 0.3) is 0 Å². The Balaban J connectivity index is 2.70. The molecule has 0 aliphatic carbocycles. The zero-order chi connectivity index (χ0) is 13.4. The van der Waals surface area contributed by atoms with Gasteiger partial charge in [-0.2, -0.15) is 11.8 Å². The lowest BCUT2D eigenvalue weighted by molar-refractivity contribution is 0.914. The van der Waals surface area contributed by atoms with Crippen LogP contribution in [0.2, 0.25) is 0 Å². The maximum atomic E-state index is 4.46. The standard InChI is InChI=1S/C12H22N4S2/c1-5-6-13-10-7-11(14-8-9(2)17-3)16-12(15-10)18-4/h7,9H,5-6,8H2,1-4H3,(H2,13,14,15,16). The van der Waals surface area contributed by atoms with Crippen LogP contribution in [0.5, 0.6) is 0 Å². The molecule has 0 aromatic carbocycles. The Bertz CT molecular complexity index is 360. The van der Waals surface area contributed by atoms with E-state index in [4.69, 9.17) is 0 Å². The third kappa shape index (κ3) is 5.35. The predicted molar refractivity (Wildman–Crippen MR) is 84.1 cm³/mol. The van der Waals surface area contributed by atoms with Crippen LogP contribution in [0.15, 0.2) is 11.2 Å². The quantitative estimate of drug-likeness (QED) is 0.565. The first-order valence-corrected chi connectivity index (χ1v) is 8.64. The van der Waals surface area contributed by atoms with Crippen LogP contribution in [-0.4, -0.2) is 40.8 Å². The molecule has 1 aromatic heterocycles. The lowest BCUT2D eigenvalue weighted by atomic mass is 10.4. The van der Waals surface area contributed by atoms with Crippen molar-refractivity contribution in [1.82, 2.24) is 9.97 Å². The molecule has 6 heteroatoms. The van der Waals surface area contributed by atoms with Gasteiger partial charge < -0.3 is 10.6 Å². The Hall–Kier alpha value is -0.620. The maximum absolute atomic E-state index is 4.46. The highest BCUT2D eigenvalue weighted by atomic mass is 32.2. The molecule has 1 aromatic rings. The Morgan fingerprint density at radius 1 is 1.22 bits per heavy atom. The molecule has 1 atom stereocenters. The molecular formula is C12H22N4S2. The molecule has 0 amide bonds. The van der Waals surface area contributed by atoms with Crippen molar-refractivity contribution < 1.29 is 0 Å². The highest BCUT2D eigenvalue weighted by molar-refractivity contribution is 7.99. The lowest BCUT2D eigenvalue weighted by Crippen LogP contribution is -2.14. The van der Waals surface area contributed by atoms with Gasteiger partial charge in [-0.3, -0.25) is 0 Å². The van der Waals surface area contributed by atoms with E-state index in [9.17, 15) is 0 Å². The minimum atomic E-state index is 0.574. The summed E-state index contributed by atoms with van der Waals surface area (Å²) in [5.74, 6) is 1.80. The van der Waals surface area contributed by atoms with E-state index in [0.717, 1.165) is 36.3 Å². The summed E-state index contributed by atoms with van der Waals surface area (Å²) in [6, 6.07) is 1.97. The third-order valence-electron chi connectivity index (χ3n) is 2.42. The highest BCUT2D eigenvalue weighted by Crippen LogP contribution is 2.18. The number of nitrogens with one attached hydrogen (secondary N) is 2. The fourth-order valence-electron chi connectivity index (χ4n) is 1.28. The topological polar surface area (TPSA) is 49.8 Å². The number of rotatable bonds is 8. The average Bonchev–Trinajstić information content (AvgIpc) is 2.42. The van der Waals surface area contributed by atoms with Gasteiger partial charge in [0.25, 0.3) is 0 Å². The lowest BCUT2D eigenvalue weighted by Gasteiger charge is -2.12. The minimum Gasteiger partial charge on any atom is -0.370 e. The molecule has 1 heterocycles.